The lowest BCUT2D eigenvalue weighted by atomic mass is 10.0. The minimum Gasteiger partial charge on any atom is -0.316 e. The van der Waals surface area contributed by atoms with Crippen LogP contribution in [-0.2, 0) is 6.54 Å². The molecule has 1 saturated carbocycles. The van der Waals surface area contributed by atoms with Gasteiger partial charge in [0.05, 0.1) is 0 Å². The normalized spacial score (nSPS) is 16.2. The van der Waals surface area contributed by atoms with Crippen molar-refractivity contribution >= 4 is 0 Å². The van der Waals surface area contributed by atoms with Crippen LogP contribution >= 0.6 is 0 Å². The van der Waals surface area contributed by atoms with Gasteiger partial charge < -0.3 is 5.32 Å². The van der Waals surface area contributed by atoms with E-state index in [0.717, 1.165) is 6.54 Å². The molecule has 1 N–H and O–H groups in total. The molecule has 2 heteroatoms. The Balaban J connectivity index is 2.30. The number of nitrogens with one attached hydrogen (secondary N) is 1. The van der Waals surface area contributed by atoms with Crippen molar-refractivity contribution in [1.82, 2.24) is 5.32 Å². The maximum atomic E-state index is 13.0. The van der Waals surface area contributed by atoms with Gasteiger partial charge in [0.1, 0.15) is 5.82 Å². The molecule has 0 bridgehead atoms. The lowest BCUT2D eigenvalue weighted by Crippen LogP contribution is -2.07. The van der Waals surface area contributed by atoms with Gasteiger partial charge in [0.25, 0.3) is 0 Å². The first-order chi connectivity index (χ1) is 6.31. The van der Waals surface area contributed by atoms with Crippen molar-refractivity contribution < 1.29 is 4.39 Å². The Morgan fingerprint density at radius 3 is 2.85 bits per heavy atom. The first kappa shape index (κ1) is 8.70. The molecular weight excluding hydrogens is 165 g/mol. The summed E-state index contributed by atoms with van der Waals surface area (Å²) in [7, 11) is 1.92. The average molecular weight is 179 g/mol. The van der Waals surface area contributed by atoms with Crippen LogP contribution in [-0.4, -0.2) is 7.05 Å². The summed E-state index contributed by atoms with van der Waals surface area (Å²) in [5, 5.41) is 3.10. The molecule has 0 aliphatic heterocycles. The molecule has 0 saturated heterocycles. The van der Waals surface area contributed by atoms with Crippen molar-refractivity contribution in [2.24, 2.45) is 0 Å². The van der Waals surface area contributed by atoms with E-state index in [1.54, 1.807) is 12.1 Å². The fourth-order valence-electron chi connectivity index (χ4n) is 1.69. The standard InChI is InChI=1S/C11H14FN/c1-13-7-9-4-5-10(12)6-11(9)8-2-3-8/h4-6,8,13H,2-3,7H2,1H3. The Labute approximate surface area is 78.0 Å². The SMILES string of the molecule is CNCc1ccc(F)cc1C1CC1. The molecule has 1 fully saturated rings. The van der Waals surface area contributed by atoms with E-state index >= 15 is 0 Å². The summed E-state index contributed by atoms with van der Waals surface area (Å²) in [4.78, 5) is 0. The van der Waals surface area contributed by atoms with E-state index in [0.29, 0.717) is 5.92 Å². The van der Waals surface area contributed by atoms with Crippen molar-refractivity contribution in [3.8, 4) is 0 Å². The number of hydrogen-bond acceptors (Lipinski definition) is 1. The smallest absolute Gasteiger partial charge is 0.123 e. The van der Waals surface area contributed by atoms with Crippen LogP contribution in [0.5, 0.6) is 0 Å². The van der Waals surface area contributed by atoms with E-state index < -0.39 is 0 Å². The third-order valence-electron chi connectivity index (χ3n) is 2.49. The maximum Gasteiger partial charge on any atom is 0.123 e. The highest BCUT2D eigenvalue weighted by Crippen LogP contribution is 2.41. The van der Waals surface area contributed by atoms with Crippen molar-refractivity contribution in [2.45, 2.75) is 25.3 Å². The molecule has 70 valence electrons. The fraction of sp³-hybridized carbons (Fsp3) is 0.455. The molecule has 0 heterocycles. The third-order valence-corrected chi connectivity index (χ3v) is 2.49. The van der Waals surface area contributed by atoms with Crippen LogP contribution in [0.1, 0.15) is 29.9 Å². The van der Waals surface area contributed by atoms with Crippen molar-refractivity contribution in [1.29, 1.82) is 0 Å². The molecule has 1 aromatic carbocycles. The molecule has 0 amide bonds. The second-order valence-corrected chi connectivity index (χ2v) is 3.65. The Kier molecular flexibility index (Phi) is 2.32. The lowest BCUT2D eigenvalue weighted by molar-refractivity contribution is 0.623. The van der Waals surface area contributed by atoms with Crippen LogP contribution in [0.4, 0.5) is 4.39 Å². The molecule has 2 rings (SSSR count). The van der Waals surface area contributed by atoms with Crippen molar-refractivity contribution in [3.63, 3.8) is 0 Å². The average Bonchev–Trinajstić information content (AvgIpc) is 2.91. The molecule has 0 aromatic heterocycles. The zero-order chi connectivity index (χ0) is 9.26. The van der Waals surface area contributed by atoms with Gasteiger partial charge in [-0.2, -0.15) is 0 Å². The van der Waals surface area contributed by atoms with Gasteiger partial charge in [-0.15, -0.1) is 0 Å². The highest BCUT2D eigenvalue weighted by Gasteiger charge is 2.25. The Morgan fingerprint density at radius 1 is 1.46 bits per heavy atom. The summed E-state index contributed by atoms with van der Waals surface area (Å²) in [5.74, 6) is 0.515. The van der Waals surface area contributed by atoms with E-state index in [2.05, 4.69) is 5.32 Å². The molecule has 1 aromatic rings. The first-order valence-corrected chi connectivity index (χ1v) is 4.74. The summed E-state index contributed by atoms with van der Waals surface area (Å²) in [6, 6.07) is 5.11. The third kappa shape index (κ3) is 1.89. The van der Waals surface area contributed by atoms with Crippen LogP contribution in [0.2, 0.25) is 0 Å². The highest BCUT2D eigenvalue weighted by atomic mass is 19.1. The zero-order valence-electron chi connectivity index (χ0n) is 7.81. The molecule has 0 atom stereocenters. The zero-order valence-corrected chi connectivity index (χ0v) is 7.81. The minimum absolute atomic E-state index is 0.109. The fourth-order valence-corrected chi connectivity index (χ4v) is 1.69. The quantitative estimate of drug-likeness (QED) is 0.751. The Morgan fingerprint density at radius 2 is 2.23 bits per heavy atom. The van der Waals surface area contributed by atoms with Gasteiger partial charge in [0.2, 0.25) is 0 Å². The Bertz CT molecular complexity index is 305. The maximum absolute atomic E-state index is 13.0. The van der Waals surface area contributed by atoms with E-state index in [9.17, 15) is 4.39 Å². The van der Waals surface area contributed by atoms with Gasteiger partial charge in [-0.3, -0.25) is 0 Å². The predicted molar refractivity (Wildman–Crippen MR) is 51.1 cm³/mol. The second kappa shape index (κ2) is 3.46. The molecule has 1 nitrogen and oxygen atoms in total. The van der Waals surface area contributed by atoms with Crippen LogP contribution in [0.25, 0.3) is 0 Å². The minimum atomic E-state index is -0.109. The summed E-state index contributed by atoms with van der Waals surface area (Å²) in [5.41, 5.74) is 2.45. The molecule has 1 aliphatic carbocycles. The highest BCUT2D eigenvalue weighted by molar-refractivity contribution is 5.33. The molecular formula is C11H14FN. The van der Waals surface area contributed by atoms with Crippen molar-refractivity contribution in [3.05, 3.63) is 35.1 Å². The van der Waals surface area contributed by atoms with Gasteiger partial charge in [0.15, 0.2) is 0 Å². The van der Waals surface area contributed by atoms with Crippen LogP contribution < -0.4 is 5.32 Å². The number of halogens is 1. The number of rotatable bonds is 3. The van der Waals surface area contributed by atoms with Crippen LogP contribution in [0.15, 0.2) is 18.2 Å². The topological polar surface area (TPSA) is 12.0 Å². The van der Waals surface area contributed by atoms with E-state index in [-0.39, 0.29) is 5.82 Å². The van der Waals surface area contributed by atoms with Crippen molar-refractivity contribution in [2.75, 3.05) is 7.05 Å². The largest absolute Gasteiger partial charge is 0.316 e. The number of hydrogen-bond donors (Lipinski definition) is 1. The summed E-state index contributed by atoms with van der Waals surface area (Å²) >= 11 is 0. The summed E-state index contributed by atoms with van der Waals surface area (Å²) in [6.07, 6.45) is 2.44. The summed E-state index contributed by atoms with van der Waals surface area (Å²) in [6.45, 7) is 0.839. The molecule has 0 radical (unpaired) electrons. The Hall–Kier alpha value is -0.890. The van der Waals surface area contributed by atoms with Gasteiger partial charge in [-0.1, -0.05) is 6.07 Å². The monoisotopic (exact) mass is 179 g/mol. The van der Waals surface area contributed by atoms with Gasteiger partial charge >= 0.3 is 0 Å². The van der Waals surface area contributed by atoms with Crippen LogP contribution in [0, 0.1) is 5.82 Å². The molecule has 13 heavy (non-hydrogen) atoms. The molecule has 1 aliphatic rings. The molecule has 0 spiro atoms. The van der Waals surface area contributed by atoms with E-state index in [4.69, 9.17) is 0 Å². The summed E-state index contributed by atoms with van der Waals surface area (Å²) < 4.78 is 13.0. The lowest BCUT2D eigenvalue weighted by Gasteiger charge is -2.07. The van der Waals surface area contributed by atoms with Gasteiger partial charge in [0, 0.05) is 6.54 Å². The first-order valence-electron chi connectivity index (χ1n) is 4.74. The van der Waals surface area contributed by atoms with E-state index in [1.165, 1.54) is 24.0 Å². The van der Waals surface area contributed by atoms with Gasteiger partial charge in [-0.05, 0) is 49.1 Å². The number of benzene rings is 1. The van der Waals surface area contributed by atoms with E-state index in [1.807, 2.05) is 13.1 Å². The predicted octanol–water partition coefficient (Wildman–Crippen LogP) is 2.42. The van der Waals surface area contributed by atoms with Crippen LogP contribution in [0.3, 0.4) is 0 Å². The second-order valence-electron chi connectivity index (χ2n) is 3.65. The molecule has 0 unspecified atom stereocenters. The van der Waals surface area contributed by atoms with Gasteiger partial charge in [-0.25, -0.2) is 4.39 Å².